The van der Waals surface area contributed by atoms with Gasteiger partial charge in [-0.3, -0.25) is 19.2 Å². The van der Waals surface area contributed by atoms with Crippen molar-refractivity contribution >= 4 is 29.3 Å². The van der Waals surface area contributed by atoms with E-state index in [0.717, 1.165) is 11.1 Å². The summed E-state index contributed by atoms with van der Waals surface area (Å²) in [5.74, 6) is -0.805. The van der Waals surface area contributed by atoms with Gasteiger partial charge in [0, 0.05) is 41.8 Å². The summed E-state index contributed by atoms with van der Waals surface area (Å²) < 4.78 is 12.5. The van der Waals surface area contributed by atoms with Crippen molar-refractivity contribution in [2.45, 2.75) is 79.5 Å². The average molecular weight is 632 g/mol. The third kappa shape index (κ3) is 8.06. The number of hydrogen-bond donors (Lipinski definition) is 1. The van der Waals surface area contributed by atoms with E-state index in [1.54, 1.807) is 4.90 Å². The van der Waals surface area contributed by atoms with Gasteiger partial charge < -0.3 is 19.7 Å². The number of esters is 1. The standard InChI is InChI=1S/C35H45N5O6/c1-23(2)33(44)34(3,4)22-46-35(5,6)18-19-36-28(41)16-17-29(42)39-20-24-12-8-9-13-25(24)32-31(26-14-10-11-15-27(26)39)37-38-40(32)21-30(43)45-7/h8-15,23H,16-22H2,1-7H3,(H,36,41). The number of ketones is 1. The lowest BCUT2D eigenvalue weighted by atomic mass is 9.83. The van der Waals surface area contributed by atoms with E-state index in [1.165, 1.54) is 11.8 Å². The Hall–Kier alpha value is -4.38. The lowest BCUT2D eigenvalue weighted by Gasteiger charge is -2.32. The number of rotatable bonds is 13. The van der Waals surface area contributed by atoms with Crippen molar-refractivity contribution in [3.8, 4) is 22.5 Å². The molecule has 2 amide bonds. The van der Waals surface area contributed by atoms with Crippen LogP contribution in [-0.4, -0.2) is 64.4 Å². The molecule has 0 spiro atoms. The average Bonchev–Trinajstić information content (AvgIpc) is 3.42. The van der Waals surface area contributed by atoms with E-state index in [0.29, 0.717) is 42.2 Å². The Bertz CT molecular complexity index is 1590. The Morgan fingerprint density at radius 1 is 0.957 bits per heavy atom. The number of amides is 2. The second-order valence-electron chi connectivity index (χ2n) is 13.2. The van der Waals surface area contributed by atoms with Crippen molar-refractivity contribution in [3.63, 3.8) is 0 Å². The highest BCUT2D eigenvalue weighted by atomic mass is 16.5. The minimum absolute atomic E-state index is 0.00954. The molecule has 0 atom stereocenters. The number of ether oxygens (including phenoxy) is 2. The van der Waals surface area contributed by atoms with Gasteiger partial charge in [0.2, 0.25) is 11.8 Å². The minimum atomic E-state index is -0.596. The van der Waals surface area contributed by atoms with Crippen LogP contribution in [0.15, 0.2) is 48.5 Å². The Morgan fingerprint density at radius 2 is 1.63 bits per heavy atom. The predicted molar refractivity (Wildman–Crippen MR) is 175 cm³/mol. The quantitative estimate of drug-likeness (QED) is 0.262. The van der Waals surface area contributed by atoms with Crippen LogP contribution in [0.25, 0.3) is 22.5 Å². The number of nitrogens with one attached hydrogen (secondary N) is 1. The number of benzene rings is 2. The summed E-state index contributed by atoms with van der Waals surface area (Å²) >= 11 is 0. The molecule has 46 heavy (non-hydrogen) atoms. The van der Waals surface area contributed by atoms with E-state index in [2.05, 4.69) is 15.6 Å². The van der Waals surface area contributed by atoms with Crippen LogP contribution in [0.5, 0.6) is 0 Å². The molecule has 0 bridgehead atoms. The van der Waals surface area contributed by atoms with Crippen molar-refractivity contribution in [1.29, 1.82) is 0 Å². The number of hydrogen-bond acceptors (Lipinski definition) is 8. The molecule has 3 aromatic rings. The molecule has 0 saturated carbocycles. The fraction of sp³-hybridized carbons (Fsp3) is 0.486. The lowest BCUT2D eigenvalue weighted by molar-refractivity contribution is -0.141. The van der Waals surface area contributed by atoms with Gasteiger partial charge in [0.1, 0.15) is 18.0 Å². The van der Waals surface area contributed by atoms with Gasteiger partial charge in [-0.25, -0.2) is 4.68 Å². The first-order valence-corrected chi connectivity index (χ1v) is 15.7. The van der Waals surface area contributed by atoms with Gasteiger partial charge in [-0.2, -0.15) is 0 Å². The van der Waals surface area contributed by atoms with Crippen LogP contribution < -0.4 is 10.2 Å². The number of methoxy groups -OCH3 is 1. The maximum absolute atomic E-state index is 13.8. The second kappa shape index (κ2) is 14.4. The molecule has 1 N–H and O–H groups in total. The number of fused-ring (bicyclic) bond motifs is 5. The molecular weight excluding hydrogens is 586 g/mol. The zero-order valence-corrected chi connectivity index (χ0v) is 27.9. The molecule has 2 heterocycles. The smallest absolute Gasteiger partial charge is 0.327 e. The number of carbonyl (C=O) groups is 4. The van der Waals surface area contributed by atoms with Crippen molar-refractivity contribution in [2.24, 2.45) is 11.3 Å². The van der Waals surface area contributed by atoms with Crippen LogP contribution in [0.3, 0.4) is 0 Å². The van der Waals surface area contributed by atoms with Crippen molar-refractivity contribution in [2.75, 3.05) is 25.2 Å². The maximum atomic E-state index is 13.8. The Morgan fingerprint density at radius 3 is 2.33 bits per heavy atom. The van der Waals surface area contributed by atoms with E-state index >= 15 is 0 Å². The van der Waals surface area contributed by atoms with Gasteiger partial charge in [0.25, 0.3) is 0 Å². The van der Waals surface area contributed by atoms with Gasteiger partial charge in [-0.1, -0.05) is 75.4 Å². The van der Waals surface area contributed by atoms with E-state index in [9.17, 15) is 19.2 Å². The summed E-state index contributed by atoms with van der Waals surface area (Å²) in [5, 5.41) is 11.6. The molecule has 0 unspecified atom stereocenters. The van der Waals surface area contributed by atoms with Crippen molar-refractivity contribution in [3.05, 3.63) is 54.1 Å². The molecule has 0 saturated heterocycles. The zero-order chi connectivity index (χ0) is 33.6. The fourth-order valence-corrected chi connectivity index (χ4v) is 5.58. The van der Waals surface area contributed by atoms with Crippen LogP contribution in [0.1, 0.15) is 66.4 Å². The molecule has 2 aromatic carbocycles. The first-order valence-electron chi connectivity index (χ1n) is 15.7. The fourth-order valence-electron chi connectivity index (χ4n) is 5.58. The Balaban J connectivity index is 1.43. The van der Waals surface area contributed by atoms with Crippen LogP contribution in [0.2, 0.25) is 0 Å². The van der Waals surface area contributed by atoms with Gasteiger partial charge >= 0.3 is 5.97 Å². The number of aromatic nitrogens is 3. The highest BCUT2D eigenvalue weighted by Crippen LogP contribution is 2.41. The third-order valence-corrected chi connectivity index (χ3v) is 8.22. The molecule has 246 valence electrons. The molecule has 11 heteroatoms. The summed E-state index contributed by atoms with van der Waals surface area (Å²) in [7, 11) is 1.33. The highest BCUT2D eigenvalue weighted by Gasteiger charge is 2.33. The largest absolute Gasteiger partial charge is 0.468 e. The SMILES string of the molecule is COC(=O)Cn1nnc2c1-c1ccccc1CN(C(=O)CCC(=O)NCCC(C)(C)OCC(C)(C)C(=O)C(C)C)c1ccccc1-2. The number of para-hydroxylation sites is 1. The molecule has 1 aliphatic heterocycles. The molecule has 0 aliphatic carbocycles. The number of Topliss-reactive ketones (excluding diaryl/α,β-unsaturated/α-hetero) is 1. The third-order valence-electron chi connectivity index (χ3n) is 8.22. The van der Waals surface area contributed by atoms with E-state index < -0.39 is 17.0 Å². The van der Waals surface area contributed by atoms with Crippen LogP contribution in [0.4, 0.5) is 5.69 Å². The summed E-state index contributed by atoms with van der Waals surface area (Å²) in [6.07, 6.45) is 0.584. The number of nitrogens with zero attached hydrogens (tertiary/aromatic N) is 4. The normalized spacial score (nSPS) is 12.8. The molecule has 11 nitrogen and oxygen atoms in total. The van der Waals surface area contributed by atoms with Gasteiger partial charge in [-0.15, -0.1) is 5.10 Å². The van der Waals surface area contributed by atoms with Crippen LogP contribution in [-0.2, 0) is 41.7 Å². The van der Waals surface area contributed by atoms with Gasteiger partial charge in [0.05, 0.1) is 37.2 Å². The number of anilines is 1. The van der Waals surface area contributed by atoms with Gasteiger partial charge in [0.15, 0.2) is 0 Å². The first-order chi connectivity index (χ1) is 21.7. The van der Waals surface area contributed by atoms with Gasteiger partial charge in [-0.05, 0) is 31.9 Å². The highest BCUT2D eigenvalue weighted by molar-refractivity contribution is 6.01. The molecule has 0 radical (unpaired) electrons. The molecular formula is C35H45N5O6. The number of carbonyl (C=O) groups excluding carboxylic acids is 4. The second-order valence-corrected chi connectivity index (χ2v) is 13.2. The Labute approximate surface area is 270 Å². The first kappa shape index (κ1) is 34.5. The van der Waals surface area contributed by atoms with Crippen LogP contribution >= 0.6 is 0 Å². The topological polar surface area (TPSA) is 133 Å². The molecule has 1 aliphatic rings. The van der Waals surface area contributed by atoms with Crippen LogP contribution in [0, 0.1) is 11.3 Å². The Kier molecular flexibility index (Phi) is 10.8. The maximum Gasteiger partial charge on any atom is 0.327 e. The zero-order valence-electron chi connectivity index (χ0n) is 27.9. The summed E-state index contributed by atoms with van der Waals surface area (Å²) in [5.41, 5.74) is 3.07. The lowest BCUT2D eigenvalue weighted by Crippen LogP contribution is -2.39. The predicted octanol–water partition coefficient (Wildman–Crippen LogP) is 4.96. The van der Waals surface area contributed by atoms with Crippen molar-refractivity contribution < 1.29 is 28.7 Å². The summed E-state index contributed by atoms with van der Waals surface area (Å²) in [4.78, 5) is 52.9. The van der Waals surface area contributed by atoms with E-state index in [4.69, 9.17) is 9.47 Å². The molecule has 1 aromatic heterocycles. The van der Waals surface area contributed by atoms with E-state index in [-0.39, 0.29) is 49.4 Å². The van der Waals surface area contributed by atoms with Crippen molar-refractivity contribution in [1.82, 2.24) is 20.3 Å². The van der Waals surface area contributed by atoms with E-state index in [1.807, 2.05) is 90.1 Å². The molecule has 0 fully saturated rings. The summed E-state index contributed by atoms with van der Waals surface area (Å²) in [6.45, 7) is 12.3. The molecule has 4 rings (SSSR count). The monoisotopic (exact) mass is 631 g/mol. The minimum Gasteiger partial charge on any atom is -0.468 e. The summed E-state index contributed by atoms with van der Waals surface area (Å²) in [6, 6.07) is 15.1.